The van der Waals surface area contributed by atoms with Crippen molar-refractivity contribution in [3.8, 4) is 5.75 Å². The standard InChI is InChI=1S/C23H19F3N4O3/c1-33-20-11-15-8-10-30(19(15)12-18(20)23(24,25)26)22(32)29-16-6-4-14(5-7-16)21(31)28-17-3-2-9-27-13-17/h2-7,9,11-13H,8,10H2,1H3,(H,28,31)(H,29,32). The second-order valence-corrected chi connectivity index (χ2v) is 7.28. The first-order valence-corrected chi connectivity index (χ1v) is 9.94. The molecule has 0 radical (unpaired) electrons. The molecule has 7 nitrogen and oxygen atoms in total. The normalized spacial score (nSPS) is 12.8. The van der Waals surface area contributed by atoms with E-state index < -0.39 is 17.8 Å². The van der Waals surface area contributed by atoms with Crippen molar-refractivity contribution in [3.05, 3.63) is 77.6 Å². The van der Waals surface area contributed by atoms with E-state index >= 15 is 0 Å². The van der Waals surface area contributed by atoms with E-state index in [9.17, 15) is 22.8 Å². The highest BCUT2D eigenvalue weighted by Gasteiger charge is 2.37. The zero-order chi connectivity index (χ0) is 23.6. The molecule has 3 aromatic rings. The fourth-order valence-corrected chi connectivity index (χ4v) is 3.55. The number of nitrogens with one attached hydrogen (secondary N) is 2. The van der Waals surface area contributed by atoms with Crippen LogP contribution in [0.3, 0.4) is 0 Å². The third-order valence-corrected chi connectivity index (χ3v) is 5.16. The molecular formula is C23H19F3N4O3. The molecule has 2 N–H and O–H groups in total. The van der Waals surface area contributed by atoms with Gasteiger partial charge in [0.2, 0.25) is 0 Å². The van der Waals surface area contributed by atoms with Gasteiger partial charge in [-0.2, -0.15) is 13.2 Å². The van der Waals surface area contributed by atoms with E-state index in [1.165, 1.54) is 36.4 Å². The first-order valence-electron chi connectivity index (χ1n) is 9.94. The lowest BCUT2D eigenvalue weighted by Crippen LogP contribution is -2.33. The maximum Gasteiger partial charge on any atom is 0.420 e. The minimum atomic E-state index is -4.61. The predicted molar refractivity (Wildman–Crippen MR) is 117 cm³/mol. The molecule has 0 unspecified atom stereocenters. The van der Waals surface area contributed by atoms with E-state index in [1.807, 2.05) is 0 Å². The molecule has 0 saturated heterocycles. The number of urea groups is 1. The number of benzene rings is 2. The van der Waals surface area contributed by atoms with E-state index in [2.05, 4.69) is 15.6 Å². The maximum absolute atomic E-state index is 13.4. The third-order valence-electron chi connectivity index (χ3n) is 5.16. The van der Waals surface area contributed by atoms with Gasteiger partial charge in [-0.1, -0.05) is 0 Å². The number of fused-ring (bicyclic) bond motifs is 1. The van der Waals surface area contributed by atoms with E-state index in [-0.39, 0.29) is 23.9 Å². The lowest BCUT2D eigenvalue weighted by atomic mass is 10.1. The smallest absolute Gasteiger partial charge is 0.420 e. The van der Waals surface area contributed by atoms with Gasteiger partial charge in [0.1, 0.15) is 5.75 Å². The third kappa shape index (κ3) is 4.74. The molecule has 33 heavy (non-hydrogen) atoms. The zero-order valence-electron chi connectivity index (χ0n) is 17.4. The molecule has 2 aromatic carbocycles. The average Bonchev–Trinajstić information content (AvgIpc) is 3.22. The number of carbonyl (C=O) groups excluding carboxylic acids is 2. The van der Waals surface area contributed by atoms with Crippen molar-refractivity contribution in [1.82, 2.24) is 4.98 Å². The average molecular weight is 456 g/mol. The van der Waals surface area contributed by atoms with Crippen molar-refractivity contribution in [3.63, 3.8) is 0 Å². The quantitative estimate of drug-likeness (QED) is 0.582. The number of amides is 3. The van der Waals surface area contributed by atoms with Crippen LogP contribution in [0.25, 0.3) is 0 Å². The second kappa shape index (κ2) is 8.81. The molecule has 1 aliphatic rings. The molecule has 1 aromatic heterocycles. The number of hydrogen-bond acceptors (Lipinski definition) is 4. The van der Waals surface area contributed by atoms with Gasteiger partial charge in [-0.05, 0) is 60.5 Å². The molecule has 0 bridgehead atoms. The van der Waals surface area contributed by atoms with Crippen molar-refractivity contribution < 1.29 is 27.5 Å². The van der Waals surface area contributed by atoms with Crippen LogP contribution in [0.2, 0.25) is 0 Å². The molecule has 170 valence electrons. The Kier molecular flexibility index (Phi) is 5.91. The Bertz CT molecular complexity index is 1180. The molecule has 0 spiro atoms. The van der Waals surface area contributed by atoms with Crippen LogP contribution in [0.15, 0.2) is 60.9 Å². The number of rotatable bonds is 4. The summed E-state index contributed by atoms with van der Waals surface area (Å²) in [6.45, 7) is 0.233. The monoisotopic (exact) mass is 456 g/mol. The molecule has 0 saturated carbocycles. The number of aromatic nitrogens is 1. The van der Waals surface area contributed by atoms with Crippen LogP contribution < -0.4 is 20.3 Å². The molecule has 4 rings (SSSR count). The summed E-state index contributed by atoms with van der Waals surface area (Å²) < 4.78 is 45.0. The second-order valence-electron chi connectivity index (χ2n) is 7.28. The summed E-state index contributed by atoms with van der Waals surface area (Å²) in [5, 5.41) is 5.36. The molecule has 0 fully saturated rings. The van der Waals surface area contributed by atoms with Gasteiger partial charge >= 0.3 is 12.2 Å². The number of anilines is 3. The molecule has 3 amide bonds. The Morgan fingerprint density at radius 2 is 1.82 bits per heavy atom. The van der Waals surface area contributed by atoms with E-state index in [4.69, 9.17) is 4.74 Å². The fraction of sp³-hybridized carbons (Fsp3) is 0.174. The van der Waals surface area contributed by atoms with Crippen LogP contribution in [0.1, 0.15) is 21.5 Å². The zero-order valence-corrected chi connectivity index (χ0v) is 17.4. The lowest BCUT2D eigenvalue weighted by molar-refractivity contribution is -0.138. The van der Waals surface area contributed by atoms with Crippen LogP contribution in [0.4, 0.5) is 35.0 Å². The van der Waals surface area contributed by atoms with Gasteiger partial charge in [0, 0.05) is 29.7 Å². The largest absolute Gasteiger partial charge is 0.496 e. The first kappa shape index (κ1) is 22.1. The van der Waals surface area contributed by atoms with Gasteiger partial charge in [-0.15, -0.1) is 0 Å². The number of methoxy groups -OCH3 is 1. The van der Waals surface area contributed by atoms with Gasteiger partial charge in [0.15, 0.2) is 0 Å². The van der Waals surface area contributed by atoms with Crippen LogP contribution in [0, 0.1) is 0 Å². The van der Waals surface area contributed by atoms with Crippen molar-refractivity contribution in [2.24, 2.45) is 0 Å². The van der Waals surface area contributed by atoms with E-state index in [0.717, 1.165) is 6.07 Å². The summed E-state index contributed by atoms with van der Waals surface area (Å²) in [5.74, 6) is -0.619. The topological polar surface area (TPSA) is 83.6 Å². The number of ether oxygens (including phenoxy) is 1. The van der Waals surface area contributed by atoms with Crippen molar-refractivity contribution in [1.29, 1.82) is 0 Å². The summed E-state index contributed by atoms with van der Waals surface area (Å²) >= 11 is 0. The fourth-order valence-electron chi connectivity index (χ4n) is 3.55. The van der Waals surface area contributed by atoms with Gasteiger partial charge in [0.05, 0.1) is 24.6 Å². The number of pyridine rings is 1. The number of carbonyl (C=O) groups is 2. The Balaban J connectivity index is 1.47. The van der Waals surface area contributed by atoms with Crippen molar-refractivity contribution in [2.75, 3.05) is 29.2 Å². The van der Waals surface area contributed by atoms with Gasteiger partial charge in [-0.25, -0.2) is 4.79 Å². The summed E-state index contributed by atoms with van der Waals surface area (Å²) in [6.07, 6.45) is -1.10. The summed E-state index contributed by atoms with van der Waals surface area (Å²) in [7, 11) is 1.18. The van der Waals surface area contributed by atoms with Crippen LogP contribution >= 0.6 is 0 Å². The van der Waals surface area contributed by atoms with Crippen LogP contribution in [-0.2, 0) is 12.6 Å². The highest BCUT2D eigenvalue weighted by molar-refractivity contribution is 6.05. The SMILES string of the molecule is COc1cc2c(cc1C(F)(F)F)N(C(=O)Nc1ccc(C(=O)Nc3cccnc3)cc1)CC2. The molecule has 0 aliphatic carbocycles. The minimum Gasteiger partial charge on any atom is -0.496 e. The Labute approximate surface area is 187 Å². The van der Waals surface area contributed by atoms with Crippen molar-refractivity contribution in [2.45, 2.75) is 12.6 Å². The van der Waals surface area contributed by atoms with Crippen LogP contribution in [-0.4, -0.2) is 30.6 Å². The van der Waals surface area contributed by atoms with Gasteiger partial charge in [-0.3, -0.25) is 14.7 Å². The molecule has 0 atom stereocenters. The summed E-state index contributed by atoms with van der Waals surface area (Å²) in [4.78, 5) is 30.3. The Morgan fingerprint density at radius 3 is 2.45 bits per heavy atom. The Morgan fingerprint density at radius 1 is 1.06 bits per heavy atom. The molecule has 1 aliphatic heterocycles. The summed E-state index contributed by atoms with van der Waals surface area (Å²) in [6, 6.07) is 11.2. The van der Waals surface area contributed by atoms with Crippen LogP contribution in [0.5, 0.6) is 5.75 Å². The lowest BCUT2D eigenvalue weighted by Gasteiger charge is -2.20. The number of hydrogen-bond donors (Lipinski definition) is 2. The van der Waals surface area contributed by atoms with E-state index in [1.54, 1.807) is 30.5 Å². The number of nitrogens with zero attached hydrogens (tertiary/aromatic N) is 2. The van der Waals surface area contributed by atoms with Gasteiger partial charge < -0.3 is 15.4 Å². The number of alkyl halides is 3. The summed E-state index contributed by atoms with van der Waals surface area (Å²) in [5.41, 5.74) is 1.15. The predicted octanol–water partition coefficient (Wildman–Crippen LogP) is 4.96. The number of halogens is 3. The minimum absolute atomic E-state index is 0.188. The molecule has 10 heteroatoms. The van der Waals surface area contributed by atoms with E-state index in [0.29, 0.717) is 28.9 Å². The molecular weight excluding hydrogens is 437 g/mol. The Hall–Kier alpha value is -4.08. The first-order chi connectivity index (χ1) is 15.8. The molecule has 2 heterocycles. The highest BCUT2D eigenvalue weighted by atomic mass is 19.4. The van der Waals surface area contributed by atoms with Gasteiger partial charge in [0.25, 0.3) is 5.91 Å². The van der Waals surface area contributed by atoms with Crippen molar-refractivity contribution >= 4 is 29.0 Å². The maximum atomic E-state index is 13.4. The highest BCUT2D eigenvalue weighted by Crippen LogP contribution is 2.42.